The lowest BCUT2D eigenvalue weighted by Gasteiger charge is -2.16. The maximum Gasteiger partial charge on any atom is 0.243 e. The molecule has 1 heterocycles. The predicted octanol–water partition coefficient (Wildman–Crippen LogP) is 1.06. The first-order valence-electron chi connectivity index (χ1n) is 5.67. The lowest BCUT2D eigenvalue weighted by atomic mass is 10.1. The van der Waals surface area contributed by atoms with Gasteiger partial charge in [-0.05, 0) is 43.5 Å². The molecule has 1 atom stereocenters. The van der Waals surface area contributed by atoms with Gasteiger partial charge in [0.25, 0.3) is 0 Å². The summed E-state index contributed by atoms with van der Waals surface area (Å²) in [6, 6.07) is 5.13. The van der Waals surface area contributed by atoms with Crippen molar-refractivity contribution < 1.29 is 13.5 Å². The molecule has 0 amide bonds. The van der Waals surface area contributed by atoms with Crippen LogP contribution in [0.2, 0.25) is 0 Å². The van der Waals surface area contributed by atoms with Gasteiger partial charge in [-0.1, -0.05) is 6.07 Å². The van der Waals surface area contributed by atoms with E-state index in [4.69, 9.17) is 0 Å². The number of aliphatic hydroxyl groups is 1. The average Bonchev–Trinajstić information content (AvgIpc) is 2.69. The van der Waals surface area contributed by atoms with E-state index in [1.165, 1.54) is 4.31 Å². The van der Waals surface area contributed by atoms with Gasteiger partial charge in [0, 0.05) is 13.1 Å². The Hall–Kier alpha value is -0.910. The van der Waals surface area contributed by atoms with Crippen LogP contribution in [0.15, 0.2) is 23.1 Å². The first-order valence-corrected chi connectivity index (χ1v) is 7.11. The highest BCUT2D eigenvalue weighted by molar-refractivity contribution is 7.89. The van der Waals surface area contributed by atoms with E-state index in [1.54, 1.807) is 12.1 Å². The minimum atomic E-state index is -3.44. The molecule has 1 aliphatic heterocycles. The van der Waals surface area contributed by atoms with Gasteiger partial charge in [-0.3, -0.25) is 0 Å². The van der Waals surface area contributed by atoms with Crippen molar-refractivity contribution in [2.45, 2.75) is 31.3 Å². The van der Waals surface area contributed by atoms with Crippen LogP contribution in [-0.4, -0.2) is 37.0 Å². The molecule has 0 bridgehead atoms. The summed E-state index contributed by atoms with van der Waals surface area (Å²) in [6.45, 7) is 4.45. The normalized spacial score (nSPS) is 21.9. The Morgan fingerprint density at radius 1 is 1.29 bits per heavy atom. The van der Waals surface area contributed by atoms with Gasteiger partial charge in [0.05, 0.1) is 11.0 Å². The molecule has 17 heavy (non-hydrogen) atoms. The number of aryl methyl sites for hydroxylation is 2. The summed E-state index contributed by atoms with van der Waals surface area (Å²) in [5.41, 5.74) is 2.04. The van der Waals surface area contributed by atoms with Gasteiger partial charge in [0.1, 0.15) is 0 Å². The van der Waals surface area contributed by atoms with Crippen molar-refractivity contribution in [3.63, 3.8) is 0 Å². The molecular formula is C12H17NO3S. The largest absolute Gasteiger partial charge is 0.392 e. The highest BCUT2D eigenvalue weighted by Crippen LogP contribution is 2.22. The molecule has 1 N–H and O–H groups in total. The smallest absolute Gasteiger partial charge is 0.243 e. The molecule has 0 radical (unpaired) electrons. The molecule has 0 saturated carbocycles. The van der Waals surface area contributed by atoms with Gasteiger partial charge < -0.3 is 5.11 Å². The molecule has 1 aliphatic rings. The van der Waals surface area contributed by atoms with Crippen LogP contribution in [-0.2, 0) is 10.0 Å². The highest BCUT2D eigenvalue weighted by Gasteiger charge is 2.31. The molecule has 1 fully saturated rings. The highest BCUT2D eigenvalue weighted by atomic mass is 32.2. The van der Waals surface area contributed by atoms with Crippen LogP contribution in [0.4, 0.5) is 0 Å². The lowest BCUT2D eigenvalue weighted by molar-refractivity contribution is 0.189. The SMILES string of the molecule is Cc1ccc(S(=O)(=O)N2CCC(O)C2)cc1C. The average molecular weight is 255 g/mol. The van der Waals surface area contributed by atoms with Crippen LogP contribution in [0.25, 0.3) is 0 Å². The van der Waals surface area contributed by atoms with Crippen molar-refractivity contribution in [1.82, 2.24) is 4.31 Å². The summed E-state index contributed by atoms with van der Waals surface area (Å²) in [5, 5.41) is 9.40. The number of hydrogen-bond acceptors (Lipinski definition) is 3. The van der Waals surface area contributed by atoms with Crippen LogP contribution >= 0.6 is 0 Å². The monoisotopic (exact) mass is 255 g/mol. The van der Waals surface area contributed by atoms with Crippen LogP contribution in [0, 0.1) is 13.8 Å². The Labute approximate surface area is 102 Å². The van der Waals surface area contributed by atoms with Gasteiger partial charge in [0.2, 0.25) is 10.0 Å². The minimum absolute atomic E-state index is 0.204. The Balaban J connectivity index is 2.35. The van der Waals surface area contributed by atoms with E-state index in [-0.39, 0.29) is 6.54 Å². The fourth-order valence-electron chi connectivity index (χ4n) is 1.95. The summed E-state index contributed by atoms with van der Waals surface area (Å²) in [6.07, 6.45) is -0.0133. The molecule has 1 unspecified atom stereocenters. The molecule has 1 aromatic carbocycles. The van der Waals surface area contributed by atoms with Crippen molar-refractivity contribution in [1.29, 1.82) is 0 Å². The fourth-order valence-corrected chi connectivity index (χ4v) is 3.53. The third kappa shape index (κ3) is 2.36. The van der Waals surface area contributed by atoms with Gasteiger partial charge in [-0.25, -0.2) is 8.42 Å². The van der Waals surface area contributed by atoms with E-state index < -0.39 is 16.1 Å². The number of β-amino-alcohol motifs (C(OH)–C–C–N with tert-alkyl or cyclic N) is 1. The third-order valence-electron chi connectivity index (χ3n) is 3.24. The molecule has 2 rings (SSSR count). The quantitative estimate of drug-likeness (QED) is 0.859. The molecule has 94 valence electrons. The molecule has 1 aromatic rings. The van der Waals surface area contributed by atoms with Gasteiger partial charge in [-0.15, -0.1) is 0 Å². The molecular weight excluding hydrogens is 238 g/mol. The Bertz CT molecular complexity index is 525. The first kappa shape index (κ1) is 12.5. The molecule has 4 nitrogen and oxygen atoms in total. The molecule has 0 aliphatic carbocycles. The van der Waals surface area contributed by atoms with E-state index in [1.807, 2.05) is 19.9 Å². The van der Waals surface area contributed by atoms with Gasteiger partial charge >= 0.3 is 0 Å². The van der Waals surface area contributed by atoms with Crippen molar-refractivity contribution in [2.75, 3.05) is 13.1 Å². The number of sulfonamides is 1. The standard InChI is InChI=1S/C12H17NO3S/c1-9-3-4-12(7-10(9)2)17(15,16)13-6-5-11(14)8-13/h3-4,7,11,14H,5-6,8H2,1-2H3. The summed E-state index contributed by atoms with van der Waals surface area (Å²) < 4.78 is 25.9. The number of aliphatic hydroxyl groups excluding tert-OH is 1. The maximum atomic E-state index is 12.3. The van der Waals surface area contributed by atoms with E-state index in [0.717, 1.165) is 11.1 Å². The zero-order chi connectivity index (χ0) is 12.6. The number of benzene rings is 1. The van der Waals surface area contributed by atoms with Crippen molar-refractivity contribution in [2.24, 2.45) is 0 Å². The fraction of sp³-hybridized carbons (Fsp3) is 0.500. The molecule has 5 heteroatoms. The van der Waals surface area contributed by atoms with Crippen LogP contribution in [0.3, 0.4) is 0 Å². The van der Waals surface area contributed by atoms with Crippen LogP contribution < -0.4 is 0 Å². The van der Waals surface area contributed by atoms with E-state index in [9.17, 15) is 13.5 Å². The van der Waals surface area contributed by atoms with Crippen molar-refractivity contribution >= 4 is 10.0 Å². The van der Waals surface area contributed by atoms with E-state index in [2.05, 4.69) is 0 Å². The molecule has 0 aromatic heterocycles. The third-order valence-corrected chi connectivity index (χ3v) is 5.10. The zero-order valence-corrected chi connectivity index (χ0v) is 10.9. The Kier molecular flexibility index (Phi) is 3.25. The molecule has 1 saturated heterocycles. The first-order chi connectivity index (χ1) is 7.91. The minimum Gasteiger partial charge on any atom is -0.392 e. The lowest BCUT2D eigenvalue weighted by Crippen LogP contribution is -2.29. The van der Waals surface area contributed by atoms with E-state index >= 15 is 0 Å². The maximum absolute atomic E-state index is 12.3. The van der Waals surface area contributed by atoms with Crippen molar-refractivity contribution in [3.05, 3.63) is 29.3 Å². The van der Waals surface area contributed by atoms with Crippen LogP contribution in [0.5, 0.6) is 0 Å². The van der Waals surface area contributed by atoms with Gasteiger partial charge in [-0.2, -0.15) is 4.31 Å². The number of hydrogen-bond donors (Lipinski definition) is 1. The summed E-state index contributed by atoms with van der Waals surface area (Å²) in [7, 11) is -3.44. The topological polar surface area (TPSA) is 57.6 Å². The zero-order valence-electron chi connectivity index (χ0n) is 10.0. The van der Waals surface area contributed by atoms with Crippen molar-refractivity contribution in [3.8, 4) is 0 Å². The molecule has 0 spiro atoms. The van der Waals surface area contributed by atoms with E-state index in [0.29, 0.717) is 17.9 Å². The van der Waals surface area contributed by atoms with Gasteiger partial charge in [0.15, 0.2) is 0 Å². The predicted molar refractivity (Wildman–Crippen MR) is 65.3 cm³/mol. The number of rotatable bonds is 2. The summed E-state index contributed by atoms with van der Waals surface area (Å²) in [4.78, 5) is 0.315. The van der Waals surface area contributed by atoms with Crippen LogP contribution in [0.1, 0.15) is 17.5 Å². The summed E-state index contributed by atoms with van der Waals surface area (Å²) in [5.74, 6) is 0. The summed E-state index contributed by atoms with van der Waals surface area (Å²) >= 11 is 0. The Morgan fingerprint density at radius 3 is 2.53 bits per heavy atom. The number of nitrogens with zero attached hydrogens (tertiary/aromatic N) is 1. The second kappa shape index (κ2) is 4.40. The Morgan fingerprint density at radius 2 is 2.00 bits per heavy atom. The second-order valence-corrected chi connectivity index (χ2v) is 6.49. The second-order valence-electron chi connectivity index (χ2n) is 4.55.